The van der Waals surface area contributed by atoms with Gasteiger partial charge in [-0.15, -0.1) is 0 Å². The van der Waals surface area contributed by atoms with Gasteiger partial charge in [0.15, 0.2) is 12.3 Å². The Kier molecular flexibility index (Phi) is 7.87. The minimum absolute atomic E-state index is 0.0512. The summed E-state index contributed by atoms with van der Waals surface area (Å²) in [5.41, 5.74) is 5.39. The van der Waals surface area contributed by atoms with E-state index in [0.29, 0.717) is 30.3 Å². The largest absolute Gasteiger partial charge is 0.484 e. The first-order chi connectivity index (χ1) is 20.1. The molecule has 6 nitrogen and oxygen atoms in total. The van der Waals surface area contributed by atoms with Gasteiger partial charge >= 0.3 is 0 Å². The number of halogens is 1. The number of oxazole rings is 1. The van der Waals surface area contributed by atoms with Crippen molar-refractivity contribution in [3.05, 3.63) is 155 Å². The van der Waals surface area contributed by atoms with Crippen molar-refractivity contribution in [2.24, 2.45) is 0 Å². The lowest BCUT2D eigenvalue weighted by Gasteiger charge is -2.38. The Hall–Kier alpha value is -4.75. The maximum Gasteiger partial charge on any atom is 0.273 e. The summed E-state index contributed by atoms with van der Waals surface area (Å²) >= 11 is 0. The predicted octanol–water partition coefficient (Wildman–Crippen LogP) is 6.47. The van der Waals surface area contributed by atoms with Crippen LogP contribution in [-0.4, -0.2) is 22.3 Å². The number of nitrogens with one attached hydrogen (secondary N) is 1. The zero-order valence-electron chi connectivity index (χ0n) is 22.5. The second-order valence-electron chi connectivity index (χ2n) is 10.1. The molecular formula is C34H30FN3O3. The molecule has 0 radical (unpaired) electrons. The predicted molar refractivity (Wildman–Crippen MR) is 154 cm³/mol. The van der Waals surface area contributed by atoms with Crippen molar-refractivity contribution < 1.29 is 18.3 Å². The minimum atomic E-state index is -0.307. The fourth-order valence-electron chi connectivity index (χ4n) is 5.27. The van der Waals surface area contributed by atoms with Crippen molar-refractivity contribution in [3.63, 3.8) is 0 Å². The van der Waals surface area contributed by atoms with E-state index in [1.54, 1.807) is 6.07 Å². The van der Waals surface area contributed by atoms with Crippen molar-refractivity contribution in [2.75, 3.05) is 6.54 Å². The van der Waals surface area contributed by atoms with E-state index in [1.165, 1.54) is 17.9 Å². The third-order valence-corrected chi connectivity index (χ3v) is 7.33. The van der Waals surface area contributed by atoms with Crippen LogP contribution in [0.25, 0.3) is 0 Å². The third-order valence-electron chi connectivity index (χ3n) is 7.33. The smallest absolute Gasteiger partial charge is 0.273 e. The highest BCUT2D eigenvalue weighted by Gasteiger charge is 2.30. The molecule has 0 spiro atoms. The molecule has 1 aliphatic heterocycles. The summed E-state index contributed by atoms with van der Waals surface area (Å²) in [5.74, 6) is 0.485. The van der Waals surface area contributed by atoms with Gasteiger partial charge in [-0.25, -0.2) is 9.37 Å². The molecule has 1 N–H and O–H groups in total. The number of fused-ring (bicyclic) bond motifs is 1. The Bertz CT molecular complexity index is 1620. The number of carbonyl (C=O) groups excluding carboxylic acids is 1. The molecule has 1 aromatic heterocycles. The van der Waals surface area contributed by atoms with Crippen LogP contribution < -0.4 is 10.1 Å². The van der Waals surface area contributed by atoms with Crippen molar-refractivity contribution >= 4 is 5.91 Å². The number of amides is 1. The summed E-state index contributed by atoms with van der Waals surface area (Å²) in [6.45, 7) is 1.80. The molecular weight excluding hydrogens is 517 g/mol. The normalized spacial score (nSPS) is 14.8. The van der Waals surface area contributed by atoms with Crippen LogP contribution in [0, 0.1) is 5.82 Å². The van der Waals surface area contributed by atoms with Crippen LogP contribution in [0.1, 0.15) is 50.2 Å². The molecule has 206 valence electrons. The first-order valence-electron chi connectivity index (χ1n) is 13.7. The quantitative estimate of drug-likeness (QED) is 0.229. The Morgan fingerprint density at radius 3 is 2.54 bits per heavy atom. The van der Waals surface area contributed by atoms with Crippen molar-refractivity contribution in [1.29, 1.82) is 0 Å². The SMILES string of the molecule is O=C(NCc1ccccc1)c1coc(COc2ccc3c(c2)C(c2ccccc2)N(Cc2ccccc2F)CC3)n1. The monoisotopic (exact) mass is 547 g/mol. The van der Waals surface area contributed by atoms with Crippen LogP contribution in [0.2, 0.25) is 0 Å². The molecule has 2 heterocycles. The van der Waals surface area contributed by atoms with Gasteiger partial charge in [-0.1, -0.05) is 84.9 Å². The van der Waals surface area contributed by atoms with Gasteiger partial charge in [0.1, 0.15) is 17.8 Å². The Morgan fingerprint density at radius 2 is 1.73 bits per heavy atom. The Labute approximate surface area is 238 Å². The number of ether oxygens (including phenoxy) is 1. The van der Waals surface area contributed by atoms with Gasteiger partial charge in [-0.05, 0) is 46.9 Å². The molecule has 4 aromatic carbocycles. The summed E-state index contributed by atoms with van der Waals surface area (Å²) in [5, 5.41) is 2.85. The van der Waals surface area contributed by atoms with Crippen LogP contribution in [0.3, 0.4) is 0 Å². The fourth-order valence-corrected chi connectivity index (χ4v) is 5.27. The lowest BCUT2D eigenvalue weighted by Crippen LogP contribution is -2.36. The number of nitrogens with zero attached hydrogens (tertiary/aromatic N) is 2. The van der Waals surface area contributed by atoms with Crippen LogP contribution in [0.4, 0.5) is 4.39 Å². The average molecular weight is 548 g/mol. The number of benzene rings is 4. The van der Waals surface area contributed by atoms with Gasteiger partial charge in [0.05, 0.1) is 6.04 Å². The highest BCUT2D eigenvalue weighted by molar-refractivity contribution is 5.91. The van der Waals surface area contributed by atoms with Gasteiger partial charge in [0, 0.05) is 25.2 Å². The topological polar surface area (TPSA) is 67.6 Å². The summed E-state index contributed by atoms with van der Waals surface area (Å²) in [4.78, 5) is 19.1. The second-order valence-corrected chi connectivity index (χ2v) is 10.1. The molecule has 1 amide bonds. The standard InChI is InChI=1S/C34H30FN3O3/c35-30-14-8-7-13-27(30)21-38-18-17-25-15-16-28(19-29(25)33(38)26-11-5-2-6-12-26)40-23-32-37-31(22-41-32)34(39)36-20-24-9-3-1-4-10-24/h1-16,19,22,33H,17-18,20-21,23H2,(H,36,39). The average Bonchev–Trinajstić information content (AvgIpc) is 3.50. The highest BCUT2D eigenvalue weighted by Crippen LogP contribution is 2.38. The van der Waals surface area contributed by atoms with Crippen molar-refractivity contribution in [1.82, 2.24) is 15.2 Å². The van der Waals surface area contributed by atoms with Gasteiger partial charge in [0.2, 0.25) is 5.89 Å². The maximum absolute atomic E-state index is 14.6. The van der Waals surface area contributed by atoms with Crippen molar-refractivity contribution in [3.8, 4) is 5.75 Å². The molecule has 5 aromatic rings. The van der Waals surface area contributed by atoms with Gasteiger partial charge in [-0.3, -0.25) is 9.69 Å². The van der Waals surface area contributed by atoms with E-state index in [0.717, 1.165) is 29.7 Å². The van der Waals surface area contributed by atoms with Crippen LogP contribution in [0.5, 0.6) is 5.75 Å². The van der Waals surface area contributed by atoms with Gasteiger partial charge < -0.3 is 14.5 Å². The Balaban J connectivity index is 1.17. The van der Waals surface area contributed by atoms with Crippen LogP contribution >= 0.6 is 0 Å². The number of hydrogen-bond donors (Lipinski definition) is 1. The minimum Gasteiger partial charge on any atom is -0.484 e. The molecule has 6 rings (SSSR count). The molecule has 1 atom stereocenters. The summed E-state index contributed by atoms with van der Waals surface area (Å²) in [7, 11) is 0. The molecule has 0 aliphatic carbocycles. The van der Waals surface area contributed by atoms with E-state index in [4.69, 9.17) is 9.15 Å². The molecule has 0 saturated heterocycles. The van der Waals surface area contributed by atoms with E-state index in [2.05, 4.69) is 39.5 Å². The molecule has 1 unspecified atom stereocenters. The number of hydrogen-bond acceptors (Lipinski definition) is 5. The summed E-state index contributed by atoms with van der Waals surface area (Å²) in [6.07, 6.45) is 2.20. The molecule has 1 aliphatic rings. The molecule has 0 fully saturated rings. The van der Waals surface area contributed by atoms with E-state index >= 15 is 0 Å². The van der Waals surface area contributed by atoms with Gasteiger partial charge in [0.25, 0.3) is 5.91 Å². The second kappa shape index (κ2) is 12.2. The van der Waals surface area contributed by atoms with E-state index < -0.39 is 0 Å². The first kappa shape index (κ1) is 26.5. The number of rotatable bonds is 9. The fraction of sp³-hybridized carbons (Fsp3) is 0.176. The zero-order valence-corrected chi connectivity index (χ0v) is 22.5. The Morgan fingerprint density at radius 1 is 0.976 bits per heavy atom. The molecule has 0 saturated carbocycles. The maximum atomic E-state index is 14.6. The zero-order chi connectivity index (χ0) is 28.0. The first-order valence-corrected chi connectivity index (χ1v) is 13.7. The third kappa shape index (κ3) is 6.21. The van der Waals surface area contributed by atoms with E-state index in [9.17, 15) is 9.18 Å². The van der Waals surface area contributed by atoms with Crippen LogP contribution in [0.15, 0.2) is 114 Å². The van der Waals surface area contributed by atoms with E-state index in [-0.39, 0.29) is 30.1 Å². The lowest BCUT2D eigenvalue weighted by molar-refractivity contribution is 0.0946. The number of aromatic nitrogens is 1. The molecule has 7 heteroatoms. The lowest BCUT2D eigenvalue weighted by atomic mass is 9.87. The van der Waals surface area contributed by atoms with Crippen LogP contribution in [-0.2, 0) is 26.1 Å². The summed E-state index contributed by atoms with van der Waals surface area (Å²) < 4.78 is 26.2. The number of carbonyl (C=O) groups is 1. The molecule has 41 heavy (non-hydrogen) atoms. The molecule has 0 bridgehead atoms. The highest BCUT2D eigenvalue weighted by atomic mass is 19.1. The van der Waals surface area contributed by atoms with E-state index in [1.807, 2.05) is 66.7 Å². The summed E-state index contributed by atoms with van der Waals surface area (Å²) in [6, 6.07) is 33.0. The van der Waals surface area contributed by atoms with Gasteiger partial charge in [-0.2, -0.15) is 0 Å². The van der Waals surface area contributed by atoms with Crippen molar-refractivity contribution in [2.45, 2.75) is 32.2 Å².